The van der Waals surface area contributed by atoms with Crippen molar-refractivity contribution in [2.75, 3.05) is 13.1 Å². The smallest absolute Gasteiger partial charge is 0.227 e. The maximum atomic E-state index is 12.9. The van der Waals surface area contributed by atoms with Crippen molar-refractivity contribution in [1.29, 1.82) is 0 Å². The molecule has 3 fully saturated rings. The van der Waals surface area contributed by atoms with Gasteiger partial charge in [0.2, 0.25) is 11.8 Å². The fourth-order valence-electron chi connectivity index (χ4n) is 4.40. The second-order valence-corrected chi connectivity index (χ2v) is 7.14. The van der Waals surface area contributed by atoms with Gasteiger partial charge in [0.1, 0.15) is 0 Å². The predicted octanol–water partition coefficient (Wildman–Crippen LogP) is 0.877. The van der Waals surface area contributed by atoms with E-state index in [0.717, 1.165) is 45.2 Å². The van der Waals surface area contributed by atoms with E-state index in [4.69, 9.17) is 5.73 Å². The number of nitrogens with one attached hydrogen (secondary N) is 1. The first-order valence-electron chi connectivity index (χ1n) is 8.40. The summed E-state index contributed by atoms with van der Waals surface area (Å²) in [6.07, 6.45) is 5.62. The van der Waals surface area contributed by atoms with Gasteiger partial charge >= 0.3 is 0 Å². The molecule has 3 aliphatic rings. The lowest BCUT2D eigenvalue weighted by molar-refractivity contribution is -0.142. The first-order valence-corrected chi connectivity index (χ1v) is 8.40. The summed E-state index contributed by atoms with van der Waals surface area (Å²) in [5.74, 6) is 1.23. The van der Waals surface area contributed by atoms with Crippen LogP contribution < -0.4 is 11.1 Å². The van der Waals surface area contributed by atoms with Crippen LogP contribution in [0, 0.1) is 17.8 Å². The van der Waals surface area contributed by atoms with Gasteiger partial charge in [0, 0.05) is 31.6 Å². The Balaban J connectivity index is 1.64. The molecule has 0 radical (unpaired) electrons. The monoisotopic (exact) mass is 293 g/mol. The van der Waals surface area contributed by atoms with Crippen LogP contribution in [0.25, 0.3) is 0 Å². The van der Waals surface area contributed by atoms with Crippen molar-refractivity contribution in [3.05, 3.63) is 0 Å². The molecular weight excluding hydrogens is 266 g/mol. The van der Waals surface area contributed by atoms with E-state index in [1.807, 2.05) is 4.90 Å². The second kappa shape index (κ2) is 5.95. The predicted molar refractivity (Wildman–Crippen MR) is 80.3 cm³/mol. The fourth-order valence-corrected chi connectivity index (χ4v) is 4.40. The maximum absolute atomic E-state index is 12.9. The van der Waals surface area contributed by atoms with Crippen LogP contribution in [0.1, 0.15) is 45.4 Å². The van der Waals surface area contributed by atoms with Gasteiger partial charge in [-0.1, -0.05) is 13.3 Å². The molecule has 5 heteroatoms. The third kappa shape index (κ3) is 2.93. The summed E-state index contributed by atoms with van der Waals surface area (Å²) in [7, 11) is 0. The minimum atomic E-state index is -0.00604. The van der Waals surface area contributed by atoms with E-state index >= 15 is 0 Å². The Morgan fingerprint density at radius 1 is 1.29 bits per heavy atom. The van der Waals surface area contributed by atoms with Crippen molar-refractivity contribution < 1.29 is 9.59 Å². The van der Waals surface area contributed by atoms with Gasteiger partial charge in [0.25, 0.3) is 0 Å². The van der Waals surface area contributed by atoms with Crippen LogP contribution in [0.15, 0.2) is 0 Å². The van der Waals surface area contributed by atoms with Crippen LogP contribution in [0.4, 0.5) is 0 Å². The first kappa shape index (κ1) is 14.8. The van der Waals surface area contributed by atoms with Gasteiger partial charge in [-0.15, -0.1) is 0 Å². The SMILES string of the molecule is CC1CCCC(N)C1C(=O)N1CCC2NC(=O)CCC2C1. The van der Waals surface area contributed by atoms with Crippen molar-refractivity contribution in [2.45, 2.75) is 57.5 Å². The van der Waals surface area contributed by atoms with Gasteiger partial charge < -0.3 is 16.0 Å². The summed E-state index contributed by atoms with van der Waals surface area (Å²) in [5, 5.41) is 3.07. The fraction of sp³-hybridized carbons (Fsp3) is 0.875. The molecule has 5 atom stereocenters. The third-order valence-corrected chi connectivity index (χ3v) is 5.69. The van der Waals surface area contributed by atoms with Crippen LogP contribution in [0.3, 0.4) is 0 Å². The number of carbonyl (C=O) groups excluding carboxylic acids is 2. The summed E-state index contributed by atoms with van der Waals surface area (Å²) in [6.45, 7) is 3.71. The molecule has 1 saturated carbocycles. The van der Waals surface area contributed by atoms with Gasteiger partial charge in [0.05, 0.1) is 5.92 Å². The number of piperidine rings is 2. The van der Waals surface area contributed by atoms with Crippen LogP contribution >= 0.6 is 0 Å². The molecule has 3 rings (SSSR count). The Kier molecular flexibility index (Phi) is 4.20. The van der Waals surface area contributed by atoms with Gasteiger partial charge in [-0.25, -0.2) is 0 Å². The number of amides is 2. The van der Waals surface area contributed by atoms with Crippen LogP contribution in [0.5, 0.6) is 0 Å². The van der Waals surface area contributed by atoms with E-state index in [9.17, 15) is 9.59 Å². The zero-order chi connectivity index (χ0) is 15.0. The Bertz CT molecular complexity index is 416. The van der Waals surface area contributed by atoms with E-state index < -0.39 is 0 Å². The Morgan fingerprint density at radius 2 is 2.10 bits per heavy atom. The average Bonchev–Trinajstić information content (AvgIpc) is 2.46. The molecule has 1 aliphatic carbocycles. The number of rotatable bonds is 1. The Hall–Kier alpha value is -1.10. The average molecular weight is 293 g/mol. The van der Waals surface area contributed by atoms with Crippen LogP contribution in [-0.2, 0) is 9.59 Å². The Morgan fingerprint density at radius 3 is 2.86 bits per heavy atom. The number of likely N-dealkylation sites (tertiary alicyclic amines) is 1. The largest absolute Gasteiger partial charge is 0.353 e. The molecule has 0 spiro atoms. The quantitative estimate of drug-likeness (QED) is 0.753. The highest BCUT2D eigenvalue weighted by atomic mass is 16.2. The van der Waals surface area contributed by atoms with Crippen LogP contribution in [0.2, 0.25) is 0 Å². The molecule has 5 unspecified atom stereocenters. The third-order valence-electron chi connectivity index (χ3n) is 5.69. The molecule has 0 bridgehead atoms. The minimum absolute atomic E-state index is 0.00604. The van der Waals surface area contributed by atoms with E-state index in [0.29, 0.717) is 18.3 Å². The van der Waals surface area contributed by atoms with Gasteiger partial charge in [-0.2, -0.15) is 0 Å². The van der Waals surface area contributed by atoms with Gasteiger partial charge in [0.15, 0.2) is 0 Å². The lowest BCUT2D eigenvalue weighted by Gasteiger charge is -2.44. The number of hydrogen-bond donors (Lipinski definition) is 2. The highest BCUT2D eigenvalue weighted by molar-refractivity contribution is 5.80. The number of nitrogens with two attached hydrogens (primary N) is 1. The molecule has 2 amide bonds. The van der Waals surface area contributed by atoms with E-state index in [1.54, 1.807) is 0 Å². The van der Waals surface area contributed by atoms with Crippen molar-refractivity contribution in [1.82, 2.24) is 10.2 Å². The van der Waals surface area contributed by atoms with E-state index in [-0.39, 0.29) is 29.8 Å². The van der Waals surface area contributed by atoms with Crippen molar-refractivity contribution in [3.63, 3.8) is 0 Å². The van der Waals surface area contributed by atoms with Gasteiger partial charge in [-0.3, -0.25) is 9.59 Å². The maximum Gasteiger partial charge on any atom is 0.227 e. The lowest BCUT2D eigenvalue weighted by atomic mass is 9.75. The summed E-state index contributed by atoms with van der Waals surface area (Å²) in [4.78, 5) is 26.3. The van der Waals surface area contributed by atoms with Crippen molar-refractivity contribution in [3.8, 4) is 0 Å². The molecule has 0 aromatic rings. The minimum Gasteiger partial charge on any atom is -0.353 e. The van der Waals surface area contributed by atoms with Crippen molar-refractivity contribution in [2.24, 2.45) is 23.5 Å². The molecule has 5 nitrogen and oxygen atoms in total. The summed E-state index contributed by atoms with van der Waals surface area (Å²) < 4.78 is 0. The Labute approximate surface area is 126 Å². The molecule has 2 heterocycles. The molecular formula is C16H27N3O2. The molecule has 3 N–H and O–H groups in total. The number of hydrogen-bond acceptors (Lipinski definition) is 3. The standard InChI is InChI=1S/C16H27N3O2/c1-10-3-2-4-12(17)15(10)16(21)19-8-7-13-11(9-19)5-6-14(20)18-13/h10-13,15H,2-9,17H2,1H3,(H,18,20). The van der Waals surface area contributed by atoms with Gasteiger partial charge in [-0.05, 0) is 37.5 Å². The topological polar surface area (TPSA) is 75.4 Å². The zero-order valence-electron chi connectivity index (χ0n) is 12.9. The highest BCUT2D eigenvalue weighted by Crippen LogP contribution is 2.33. The molecule has 2 saturated heterocycles. The molecule has 0 aromatic heterocycles. The molecule has 0 aromatic carbocycles. The normalized spacial score (nSPS) is 40.4. The first-order chi connectivity index (χ1) is 10.1. The summed E-state index contributed by atoms with van der Waals surface area (Å²) in [6, 6.07) is 0.290. The zero-order valence-corrected chi connectivity index (χ0v) is 12.9. The highest BCUT2D eigenvalue weighted by Gasteiger charge is 2.40. The van der Waals surface area contributed by atoms with Crippen molar-refractivity contribution >= 4 is 11.8 Å². The number of carbonyl (C=O) groups is 2. The second-order valence-electron chi connectivity index (χ2n) is 7.14. The molecule has 118 valence electrons. The van der Waals surface area contributed by atoms with E-state index in [1.165, 1.54) is 0 Å². The lowest BCUT2D eigenvalue weighted by Crippen LogP contribution is -2.57. The summed E-state index contributed by atoms with van der Waals surface area (Å²) in [5.41, 5.74) is 6.22. The molecule has 21 heavy (non-hydrogen) atoms. The molecule has 2 aliphatic heterocycles. The number of fused-ring (bicyclic) bond motifs is 1. The van der Waals surface area contributed by atoms with Crippen LogP contribution in [-0.4, -0.2) is 41.9 Å². The number of nitrogens with zero attached hydrogens (tertiary/aromatic N) is 1. The van der Waals surface area contributed by atoms with E-state index in [2.05, 4.69) is 12.2 Å². The summed E-state index contributed by atoms with van der Waals surface area (Å²) >= 11 is 0.